The van der Waals surface area contributed by atoms with Crippen LogP contribution in [0.15, 0.2) is 12.4 Å². The summed E-state index contributed by atoms with van der Waals surface area (Å²) in [5.74, 6) is 1.54. The van der Waals surface area contributed by atoms with Gasteiger partial charge in [0.15, 0.2) is 0 Å². The standard InChI is InChI=1S/C17H30N4/c1-13(2)15-10-16(19-12-18-15)21-9-7-6-8-14(21)11-20-17(3,4)5/h10,12-14,20H,6-9,11H2,1-5H3. The van der Waals surface area contributed by atoms with Gasteiger partial charge >= 0.3 is 0 Å². The number of anilines is 1. The molecule has 1 aliphatic heterocycles. The maximum Gasteiger partial charge on any atom is 0.132 e. The van der Waals surface area contributed by atoms with E-state index in [0.717, 1.165) is 24.6 Å². The lowest BCUT2D eigenvalue weighted by atomic mass is 10.00. The Labute approximate surface area is 129 Å². The Morgan fingerprint density at radius 3 is 2.71 bits per heavy atom. The Bertz CT molecular complexity index is 450. The number of aromatic nitrogens is 2. The van der Waals surface area contributed by atoms with Crippen LogP contribution in [0.1, 0.15) is 65.5 Å². The van der Waals surface area contributed by atoms with Gasteiger partial charge in [-0.3, -0.25) is 0 Å². The van der Waals surface area contributed by atoms with Crippen molar-refractivity contribution in [2.45, 2.75) is 71.4 Å². The van der Waals surface area contributed by atoms with Crippen LogP contribution in [0.5, 0.6) is 0 Å². The molecule has 1 fully saturated rings. The summed E-state index contributed by atoms with van der Waals surface area (Å²) < 4.78 is 0. The molecule has 2 rings (SSSR count). The predicted molar refractivity (Wildman–Crippen MR) is 88.9 cm³/mol. The van der Waals surface area contributed by atoms with Crippen molar-refractivity contribution in [3.05, 3.63) is 18.1 Å². The molecule has 1 atom stereocenters. The molecule has 0 bridgehead atoms. The molecule has 0 spiro atoms. The van der Waals surface area contributed by atoms with Crippen LogP contribution in [-0.2, 0) is 0 Å². The zero-order valence-electron chi connectivity index (χ0n) is 14.2. The maximum atomic E-state index is 4.53. The topological polar surface area (TPSA) is 41.0 Å². The lowest BCUT2D eigenvalue weighted by Crippen LogP contribution is -2.50. The number of rotatable bonds is 4. The third kappa shape index (κ3) is 4.67. The molecule has 0 saturated carbocycles. The zero-order valence-corrected chi connectivity index (χ0v) is 14.2. The first-order chi connectivity index (χ1) is 9.87. The fraction of sp³-hybridized carbons (Fsp3) is 0.765. The Morgan fingerprint density at radius 1 is 1.29 bits per heavy atom. The molecule has 4 nitrogen and oxygen atoms in total. The molecular formula is C17H30N4. The zero-order chi connectivity index (χ0) is 15.5. The van der Waals surface area contributed by atoms with Crippen molar-refractivity contribution in [1.82, 2.24) is 15.3 Å². The molecule has 21 heavy (non-hydrogen) atoms. The van der Waals surface area contributed by atoms with Crippen molar-refractivity contribution in [3.63, 3.8) is 0 Å². The third-order valence-corrected chi connectivity index (χ3v) is 4.05. The van der Waals surface area contributed by atoms with Crippen molar-refractivity contribution < 1.29 is 0 Å². The van der Waals surface area contributed by atoms with E-state index in [4.69, 9.17) is 0 Å². The molecule has 1 aromatic heterocycles. The lowest BCUT2D eigenvalue weighted by Gasteiger charge is -2.38. The van der Waals surface area contributed by atoms with Crippen LogP contribution in [0.4, 0.5) is 5.82 Å². The van der Waals surface area contributed by atoms with E-state index in [1.165, 1.54) is 19.3 Å². The van der Waals surface area contributed by atoms with E-state index in [-0.39, 0.29) is 5.54 Å². The normalized spacial score (nSPS) is 20.1. The molecule has 2 heterocycles. The van der Waals surface area contributed by atoms with E-state index in [0.29, 0.717) is 12.0 Å². The number of nitrogens with zero attached hydrogens (tertiary/aromatic N) is 3. The van der Waals surface area contributed by atoms with Crippen molar-refractivity contribution in [3.8, 4) is 0 Å². The smallest absolute Gasteiger partial charge is 0.132 e. The summed E-state index contributed by atoms with van der Waals surface area (Å²) in [6.07, 6.45) is 5.53. The van der Waals surface area contributed by atoms with E-state index in [2.05, 4.69) is 60.9 Å². The Balaban J connectivity index is 2.12. The highest BCUT2D eigenvalue weighted by atomic mass is 15.2. The fourth-order valence-electron chi connectivity index (χ4n) is 2.77. The highest BCUT2D eigenvalue weighted by molar-refractivity contribution is 5.41. The minimum atomic E-state index is 0.165. The lowest BCUT2D eigenvalue weighted by molar-refractivity contribution is 0.365. The van der Waals surface area contributed by atoms with Crippen LogP contribution >= 0.6 is 0 Å². The SMILES string of the molecule is CC(C)c1cc(N2CCCCC2CNC(C)(C)C)ncn1. The quantitative estimate of drug-likeness (QED) is 0.923. The van der Waals surface area contributed by atoms with Gasteiger partial charge in [0, 0.05) is 36.4 Å². The largest absolute Gasteiger partial charge is 0.352 e. The van der Waals surface area contributed by atoms with Gasteiger partial charge in [-0.25, -0.2) is 9.97 Å². The number of hydrogen-bond donors (Lipinski definition) is 1. The molecule has 1 N–H and O–H groups in total. The van der Waals surface area contributed by atoms with E-state index in [1.54, 1.807) is 6.33 Å². The third-order valence-electron chi connectivity index (χ3n) is 4.05. The molecule has 0 aliphatic carbocycles. The second-order valence-corrected chi connectivity index (χ2v) is 7.43. The van der Waals surface area contributed by atoms with Gasteiger partial charge in [-0.15, -0.1) is 0 Å². The summed E-state index contributed by atoms with van der Waals surface area (Å²) in [7, 11) is 0. The van der Waals surface area contributed by atoms with Crippen molar-refractivity contribution in [2.24, 2.45) is 0 Å². The molecule has 1 unspecified atom stereocenters. The van der Waals surface area contributed by atoms with Crippen LogP contribution < -0.4 is 10.2 Å². The highest BCUT2D eigenvalue weighted by Gasteiger charge is 2.25. The molecule has 118 valence electrons. The van der Waals surface area contributed by atoms with E-state index < -0.39 is 0 Å². The molecule has 0 radical (unpaired) electrons. The Morgan fingerprint density at radius 2 is 2.05 bits per heavy atom. The minimum absolute atomic E-state index is 0.165. The van der Waals surface area contributed by atoms with Crippen LogP contribution in [0, 0.1) is 0 Å². The number of hydrogen-bond acceptors (Lipinski definition) is 4. The fourth-order valence-corrected chi connectivity index (χ4v) is 2.77. The van der Waals surface area contributed by atoms with Crippen LogP contribution in [-0.4, -0.2) is 34.6 Å². The average Bonchev–Trinajstić information content (AvgIpc) is 2.45. The van der Waals surface area contributed by atoms with Crippen molar-refractivity contribution >= 4 is 5.82 Å². The molecule has 0 amide bonds. The van der Waals surface area contributed by atoms with Crippen molar-refractivity contribution in [2.75, 3.05) is 18.0 Å². The second-order valence-electron chi connectivity index (χ2n) is 7.43. The summed E-state index contributed by atoms with van der Waals surface area (Å²) in [5.41, 5.74) is 1.30. The van der Waals surface area contributed by atoms with Gasteiger partial charge in [0.25, 0.3) is 0 Å². The molecule has 1 aromatic rings. The van der Waals surface area contributed by atoms with Gasteiger partial charge in [-0.2, -0.15) is 0 Å². The molecule has 1 aliphatic rings. The summed E-state index contributed by atoms with van der Waals surface area (Å²) in [6, 6.07) is 2.70. The number of piperidine rings is 1. The molecular weight excluding hydrogens is 260 g/mol. The summed E-state index contributed by atoms with van der Waals surface area (Å²) in [5, 5.41) is 3.64. The van der Waals surface area contributed by atoms with Gasteiger partial charge in [0.05, 0.1) is 0 Å². The van der Waals surface area contributed by atoms with Crippen molar-refractivity contribution in [1.29, 1.82) is 0 Å². The number of nitrogens with one attached hydrogen (secondary N) is 1. The average molecular weight is 290 g/mol. The molecule has 1 saturated heterocycles. The van der Waals surface area contributed by atoms with Crippen LogP contribution in [0.25, 0.3) is 0 Å². The van der Waals surface area contributed by atoms with E-state index in [9.17, 15) is 0 Å². The van der Waals surface area contributed by atoms with Gasteiger partial charge < -0.3 is 10.2 Å². The first-order valence-corrected chi connectivity index (χ1v) is 8.20. The molecule has 0 aromatic carbocycles. The Hall–Kier alpha value is -1.16. The first kappa shape index (κ1) is 16.2. The van der Waals surface area contributed by atoms with Crippen LogP contribution in [0.3, 0.4) is 0 Å². The summed E-state index contributed by atoms with van der Waals surface area (Å²) in [6.45, 7) is 13.2. The second kappa shape index (κ2) is 6.73. The minimum Gasteiger partial charge on any atom is -0.352 e. The van der Waals surface area contributed by atoms with Gasteiger partial charge in [0.2, 0.25) is 0 Å². The monoisotopic (exact) mass is 290 g/mol. The van der Waals surface area contributed by atoms with E-state index >= 15 is 0 Å². The summed E-state index contributed by atoms with van der Waals surface area (Å²) in [4.78, 5) is 11.4. The maximum absolute atomic E-state index is 4.53. The summed E-state index contributed by atoms with van der Waals surface area (Å²) >= 11 is 0. The molecule has 4 heteroatoms. The van der Waals surface area contributed by atoms with Gasteiger partial charge in [0.1, 0.15) is 12.1 Å². The predicted octanol–water partition coefficient (Wildman–Crippen LogP) is 3.35. The van der Waals surface area contributed by atoms with Crippen LogP contribution in [0.2, 0.25) is 0 Å². The Kier molecular flexibility index (Phi) is 5.20. The first-order valence-electron chi connectivity index (χ1n) is 8.20. The highest BCUT2D eigenvalue weighted by Crippen LogP contribution is 2.25. The van der Waals surface area contributed by atoms with E-state index in [1.807, 2.05) is 0 Å². The van der Waals surface area contributed by atoms with Gasteiger partial charge in [-0.05, 0) is 46.0 Å². The van der Waals surface area contributed by atoms with Gasteiger partial charge in [-0.1, -0.05) is 13.8 Å².